The van der Waals surface area contributed by atoms with E-state index in [2.05, 4.69) is 20.4 Å². The minimum Gasteiger partial charge on any atom is -0.487 e. The van der Waals surface area contributed by atoms with E-state index in [0.717, 1.165) is 61.9 Å². The highest BCUT2D eigenvalue weighted by Gasteiger charge is 2.56. The molecule has 6 aliphatic heterocycles. The molecule has 5 amide bonds. The number of hydrogen-bond acceptors (Lipinski definition) is 12. The summed E-state index contributed by atoms with van der Waals surface area (Å²) in [5, 5.41) is 5.96. The maximum Gasteiger partial charge on any atom is 0.410 e. The molecule has 6 heterocycles. The Hall–Kier alpha value is -6.03. The zero-order valence-corrected chi connectivity index (χ0v) is 50.4. The molecule has 0 saturated carbocycles. The first-order valence-corrected chi connectivity index (χ1v) is 29.9. The fraction of sp³-hybridized carbons (Fsp3) is 0.635. The van der Waals surface area contributed by atoms with Gasteiger partial charge in [0.05, 0.1) is 12.1 Å². The summed E-state index contributed by atoms with van der Waals surface area (Å²) in [6, 6.07) is 13.8. The molecule has 2 N–H and O–H groups in total. The average Bonchev–Trinajstić information content (AvgIpc) is 1.94. The van der Waals surface area contributed by atoms with Crippen LogP contribution in [0.5, 0.6) is 11.5 Å². The lowest BCUT2D eigenvalue weighted by molar-refractivity contribution is -0.142. The van der Waals surface area contributed by atoms with Gasteiger partial charge in [-0.1, -0.05) is 85.7 Å². The van der Waals surface area contributed by atoms with Crippen molar-refractivity contribution >= 4 is 29.7 Å². The summed E-state index contributed by atoms with van der Waals surface area (Å²) in [5.74, 6) is -4.61. The Bertz CT molecular complexity index is 2760. The molecule has 17 nitrogen and oxygen atoms in total. The molecule has 6 aliphatic rings. The Morgan fingerprint density at radius 1 is 0.619 bits per heavy atom. The van der Waals surface area contributed by atoms with E-state index in [0.29, 0.717) is 71.5 Å². The van der Waals surface area contributed by atoms with Gasteiger partial charge in [-0.2, -0.15) is 0 Å². The summed E-state index contributed by atoms with van der Waals surface area (Å²) in [4.78, 5) is 77.3. The monoisotopic (exact) mass is 1180 g/mol. The van der Waals surface area contributed by atoms with Crippen molar-refractivity contribution in [1.82, 2.24) is 35.1 Å². The lowest BCUT2D eigenvalue weighted by Gasteiger charge is -2.38. The second-order valence-corrected chi connectivity index (χ2v) is 25.6. The Morgan fingerprint density at radius 2 is 1.05 bits per heavy atom. The minimum absolute atomic E-state index is 0.00175. The van der Waals surface area contributed by atoms with Gasteiger partial charge in [-0.15, -0.1) is 0 Å². The molecule has 21 heteroatoms. The molecular formula is C63H87F4N7O10. The fourth-order valence-electron chi connectivity index (χ4n) is 12.7. The number of carbonyl (C=O) groups excluding carboxylic acids is 5. The van der Waals surface area contributed by atoms with Crippen LogP contribution in [0.2, 0.25) is 0 Å². The Morgan fingerprint density at radius 3 is 1.45 bits per heavy atom. The van der Waals surface area contributed by atoms with Crippen molar-refractivity contribution in [1.29, 1.82) is 0 Å². The molecular weight excluding hydrogens is 1090 g/mol. The Balaban J connectivity index is 0.000000225. The molecule has 0 radical (unpaired) electrons. The van der Waals surface area contributed by atoms with Crippen LogP contribution in [0.15, 0.2) is 66.7 Å². The quantitative estimate of drug-likeness (QED) is 0.132. The molecule has 6 fully saturated rings. The molecule has 462 valence electrons. The standard InChI is InChI=1S/C35H46F2N4O6.C28H41F2N3O4/c1-22(39(5)34(44)46-21-23-9-7-6-8-10-23)32(42)38-31(35(2,3)4)33(43)40-16-13-28-30(40)29(20-41(28)24-14-17-45-18-15-24)47-25-11-12-26(36)27(37)19-25;1-6-17(2)26(34)31-25(28(3,4)5)27(35)32-12-9-22-24(32)23(16-33(22)18-10-13-36-14-11-18)37-19-7-8-20(29)21(30)15-19/h6-12,19,22,24,28-31H,13-18,20-21H2,1-5H3,(H,38,42);7-8,15,17-18,22-25H,6,9-14,16H2,1-5H3,(H,31,34)/t22-,28+,29-,30-,31+;17-,22-,23+,24+,25-/m01/s1. The largest absolute Gasteiger partial charge is 0.487 e. The third-order valence-electron chi connectivity index (χ3n) is 17.8. The molecule has 0 unspecified atom stereocenters. The maximum atomic E-state index is 14.4. The van der Waals surface area contributed by atoms with Gasteiger partial charge in [-0.3, -0.25) is 33.9 Å². The van der Waals surface area contributed by atoms with Crippen LogP contribution in [0, 0.1) is 40.0 Å². The van der Waals surface area contributed by atoms with Crippen LogP contribution in [0.4, 0.5) is 22.4 Å². The number of nitrogens with one attached hydrogen (secondary N) is 2. The molecule has 3 aromatic rings. The molecule has 84 heavy (non-hydrogen) atoms. The fourth-order valence-corrected chi connectivity index (χ4v) is 12.7. The second-order valence-electron chi connectivity index (χ2n) is 25.6. The van der Waals surface area contributed by atoms with Crippen molar-refractivity contribution in [3.8, 4) is 11.5 Å². The van der Waals surface area contributed by atoms with Crippen LogP contribution in [0.1, 0.15) is 113 Å². The smallest absolute Gasteiger partial charge is 0.410 e. The van der Waals surface area contributed by atoms with Gasteiger partial charge in [0.2, 0.25) is 23.6 Å². The predicted molar refractivity (Wildman–Crippen MR) is 307 cm³/mol. The number of likely N-dealkylation sites (N-methyl/N-ethyl adjacent to an activating group) is 1. The minimum atomic E-state index is -1.00. The second kappa shape index (κ2) is 27.6. The van der Waals surface area contributed by atoms with Crippen molar-refractivity contribution in [3.05, 3.63) is 95.6 Å². The molecule has 0 aromatic heterocycles. The Labute approximate surface area is 492 Å². The van der Waals surface area contributed by atoms with Crippen LogP contribution < -0.4 is 20.1 Å². The highest BCUT2D eigenvalue weighted by Crippen LogP contribution is 2.41. The van der Waals surface area contributed by atoms with E-state index in [9.17, 15) is 41.5 Å². The maximum absolute atomic E-state index is 14.4. The summed E-state index contributed by atoms with van der Waals surface area (Å²) in [7, 11) is 1.49. The van der Waals surface area contributed by atoms with Gasteiger partial charge < -0.3 is 44.1 Å². The van der Waals surface area contributed by atoms with Crippen LogP contribution in [0.25, 0.3) is 0 Å². The number of fused-ring (bicyclic) bond motifs is 2. The zero-order chi connectivity index (χ0) is 60.8. The highest BCUT2D eigenvalue weighted by atomic mass is 19.2. The normalized spacial score (nSPS) is 24.6. The highest BCUT2D eigenvalue weighted by molar-refractivity contribution is 5.92. The van der Waals surface area contributed by atoms with E-state index in [4.69, 9.17) is 23.7 Å². The number of halogens is 4. The van der Waals surface area contributed by atoms with Gasteiger partial charge in [0.15, 0.2) is 23.3 Å². The molecule has 0 spiro atoms. The van der Waals surface area contributed by atoms with Gasteiger partial charge in [-0.25, -0.2) is 22.4 Å². The number of nitrogens with zero attached hydrogens (tertiary/aromatic N) is 5. The van der Waals surface area contributed by atoms with E-state index in [1.54, 1.807) is 11.8 Å². The van der Waals surface area contributed by atoms with Crippen LogP contribution >= 0.6 is 0 Å². The van der Waals surface area contributed by atoms with Gasteiger partial charge in [0, 0.05) is 102 Å². The van der Waals surface area contributed by atoms with Crippen LogP contribution in [0.3, 0.4) is 0 Å². The summed E-state index contributed by atoms with van der Waals surface area (Å²) in [6.45, 7) is 21.8. The molecule has 9 rings (SSSR count). The number of ether oxygens (including phenoxy) is 5. The number of benzene rings is 3. The third-order valence-corrected chi connectivity index (χ3v) is 17.8. The van der Waals surface area contributed by atoms with Crippen LogP contribution in [-0.4, -0.2) is 180 Å². The number of likely N-dealkylation sites (tertiary alicyclic amines) is 4. The van der Waals surface area contributed by atoms with E-state index in [-0.39, 0.29) is 72.0 Å². The number of hydrogen-bond donors (Lipinski definition) is 2. The van der Waals surface area contributed by atoms with Crippen molar-refractivity contribution in [2.24, 2.45) is 16.7 Å². The number of rotatable bonds is 16. The molecule has 10 atom stereocenters. The first-order chi connectivity index (χ1) is 39.9. The molecule has 6 saturated heterocycles. The summed E-state index contributed by atoms with van der Waals surface area (Å²) in [6.07, 6.45) is 4.16. The summed E-state index contributed by atoms with van der Waals surface area (Å²) >= 11 is 0. The number of carbonyl (C=O) groups is 5. The summed E-state index contributed by atoms with van der Waals surface area (Å²) in [5.41, 5.74) is -0.345. The first-order valence-electron chi connectivity index (χ1n) is 29.9. The van der Waals surface area contributed by atoms with Crippen molar-refractivity contribution in [2.75, 3.05) is 59.7 Å². The first kappa shape index (κ1) is 64.0. The number of amides is 5. The van der Waals surface area contributed by atoms with E-state index < -0.39 is 76.4 Å². The van der Waals surface area contributed by atoms with Gasteiger partial charge in [0.25, 0.3) is 0 Å². The van der Waals surface area contributed by atoms with Crippen molar-refractivity contribution in [3.63, 3.8) is 0 Å². The van der Waals surface area contributed by atoms with Crippen molar-refractivity contribution in [2.45, 2.75) is 180 Å². The Kier molecular flexibility index (Phi) is 21.0. The van der Waals surface area contributed by atoms with Gasteiger partial charge >= 0.3 is 6.09 Å². The van der Waals surface area contributed by atoms with Crippen molar-refractivity contribution < 1.29 is 65.2 Å². The van der Waals surface area contributed by atoms with E-state index in [1.165, 1.54) is 24.1 Å². The molecule has 3 aromatic carbocycles. The van der Waals surface area contributed by atoms with E-state index in [1.807, 2.05) is 90.6 Å². The van der Waals surface area contributed by atoms with E-state index >= 15 is 0 Å². The lowest BCUT2D eigenvalue weighted by Crippen LogP contribution is -2.60. The molecule has 0 bridgehead atoms. The SMILES string of the molecule is CC[C@@H](C)C(=O)N[C@H](C(=O)N1CC[C@@H]2[C@H]1[C@@H](Oc1ccc(F)c(F)c1)CN2C1CCOCC1)C(C)(C)C.C[C@@H](C(=O)N[C@H](C(=O)N1CC[C@@H]2[C@H]1[C@@H](Oc1ccc(F)c(F)c1)CN2C1CCOCC1)C(C)(C)C)N(C)C(=O)OCc1ccccc1. The van der Waals surface area contributed by atoms with Gasteiger partial charge in [0.1, 0.15) is 48.4 Å². The summed E-state index contributed by atoms with van der Waals surface area (Å²) < 4.78 is 84.5. The average molecular weight is 1180 g/mol. The topological polar surface area (TPSA) is 172 Å². The third kappa shape index (κ3) is 15.0. The van der Waals surface area contributed by atoms with Crippen LogP contribution in [-0.2, 0) is 40.0 Å². The van der Waals surface area contributed by atoms with Gasteiger partial charge in [-0.05, 0) is 92.5 Å². The zero-order valence-electron chi connectivity index (χ0n) is 50.4. The lowest BCUT2D eigenvalue weighted by atomic mass is 9.85. The molecule has 0 aliphatic carbocycles. The predicted octanol–water partition coefficient (Wildman–Crippen LogP) is 8.12.